The molecule has 0 heterocycles. The maximum atomic E-state index is 12.3. The Balaban J connectivity index is 3.04. The Labute approximate surface area is 103 Å². The third-order valence-corrected chi connectivity index (χ3v) is 2.80. The Morgan fingerprint density at radius 3 is 2.56 bits per heavy atom. The molecule has 0 aliphatic rings. The van der Waals surface area contributed by atoms with Crippen molar-refractivity contribution in [3.05, 3.63) is 28.2 Å². The van der Waals surface area contributed by atoms with Crippen LogP contribution < -0.4 is 10.6 Å². The van der Waals surface area contributed by atoms with Crippen molar-refractivity contribution in [2.75, 3.05) is 18.5 Å². The number of anilines is 1. The standard InChI is InChI=1S/C11H15BrF2N2/c1-7(15)9-4-3-8(12)5-10(9)16(2)6-11(13)14/h3-5,7,11H,6,15H2,1-2H3. The summed E-state index contributed by atoms with van der Waals surface area (Å²) < 4.78 is 25.5. The number of benzene rings is 1. The second kappa shape index (κ2) is 5.59. The van der Waals surface area contributed by atoms with Gasteiger partial charge >= 0.3 is 0 Å². The van der Waals surface area contributed by atoms with Crippen molar-refractivity contribution >= 4 is 21.6 Å². The number of rotatable bonds is 4. The van der Waals surface area contributed by atoms with Crippen molar-refractivity contribution in [2.24, 2.45) is 5.73 Å². The van der Waals surface area contributed by atoms with Gasteiger partial charge in [0.2, 0.25) is 0 Å². The average molecular weight is 293 g/mol. The van der Waals surface area contributed by atoms with Crippen LogP contribution in [0, 0.1) is 0 Å². The summed E-state index contributed by atoms with van der Waals surface area (Å²) in [6, 6.07) is 5.34. The number of nitrogens with two attached hydrogens (primary N) is 1. The summed E-state index contributed by atoms with van der Waals surface area (Å²) in [6.07, 6.45) is -2.36. The van der Waals surface area contributed by atoms with E-state index in [1.54, 1.807) is 13.1 Å². The molecule has 5 heteroatoms. The normalized spacial score (nSPS) is 12.9. The van der Waals surface area contributed by atoms with Gasteiger partial charge in [0.05, 0.1) is 6.54 Å². The lowest BCUT2D eigenvalue weighted by Crippen LogP contribution is -2.26. The van der Waals surface area contributed by atoms with E-state index in [0.717, 1.165) is 15.7 Å². The Bertz CT molecular complexity index is 356. The van der Waals surface area contributed by atoms with Crippen LogP contribution >= 0.6 is 15.9 Å². The van der Waals surface area contributed by atoms with Crippen molar-refractivity contribution in [1.82, 2.24) is 0 Å². The lowest BCUT2D eigenvalue weighted by molar-refractivity contribution is 0.156. The molecular formula is C11H15BrF2N2. The van der Waals surface area contributed by atoms with Crippen molar-refractivity contribution in [1.29, 1.82) is 0 Å². The molecule has 90 valence electrons. The zero-order chi connectivity index (χ0) is 12.3. The molecule has 0 aromatic heterocycles. The molecule has 0 saturated heterocycles. The van der Waals surface area contributed by atoms with E-state index < -0.39 is 6.43 Å². The van der Waals surface area contributed by atoms with Gasteiger partial charge in [0, 0.05) is 23.2 Å². The van der Waals surface area contributed by atoms with Crippen LogP contribution in [0.1, 0.15) is 18.5 Å². The Morgan fingerprint density at radius 2 is 2.06 bits per heavy atom. The smallest absolute Gasteiger partial charge is 0.255 e. The molecular weight excluding hydrogens is 278 g/mol. The van der Waals surface area contributed by atoms with Gasteiger partial charge in [0.1, 0.15) is 0 Å². The molecule has 1 rings (SSSR count). The van der Waals surface area contributed by atoms with E-state index in [4.69, 9.17) is 5.73 Å². The predicted octanol–water partition coefficient (Wildman–Crippen LogP) is 3.17. The van der Waals surface area contributed by atoms with Gasteiger partial charge in [-0.25, -0.2) is 8.78 Å². The quantitative estimate of drug-likeness (QED) is 0.924. The SMILES string of the molecule is CC(N)c1ccc(Br)cc1N(C)CC(F)F. The molecule has 0 aliphatic carbocycles. The molecule has 1 aromatic carbocycles. The van der Waals surface area contributed by atoms with Crippen LogP contribution in [0.4, 0.5) is 14.5 Å². The molecule has 2 nitrogen and oxygen atoms in total. The molecule has 0 saturated carbocycles. The minimum absolute atomic E-state index is 0.178. The Hall–Kier alpha value is -0.680. The molecule has 1 atom stereocenters. The largest absolute Gasteiger partial charge is 0.369 e. The molecule has 1 unspecified atom stereocenters. The van der Waals surface area contributed by atoms with E-state index in [1.807, 2.05) is 19.1 Å². The molecule has 2 N–H and O–H groups in total. The zero-order valence-electron chi connectivity index (χ0n) is 9.25. The average Bonchev–Trinajstić information content (AvgIpc) is 2.15. The third-order valence-electron chi connectivity index (χ3n) is 2.31. The fraction of sp³-hybridized carbons (Fsp3) is 0.455. The summed E-state index contributed by atoms with van der Waals surface area (Å²) in [5.41, 5.74) is 7.41. The van der Waals surface area contributed by atoms with E-state index in [-0.39, 0.29) is 12.6 Å². The summed E-state index contributed by atoms with van der Waals surface area (Å²) in [4.78, 5) is 1.52. The fourth-order valence-corrected chi connectivity index (χ4v) is 1.89. The molecule has 0 fully saturated rings. The monoisotopic (exact) mass is 292 g/mol. The Kier molecular flexibility index (Phi) is 4.68. The van der Waals surface area contributed by atoms with Gasteiger partial charge in [0.25, 0.3) is 6.43 Å². The molecule has 0 radical (unpaired) electrons. The lowest BCUT2D eigenvalue weighted by atomic mass is 10.1. The summed E-state index contributed by atoms with van der Waals surface area (Å²) in [7, 11) is 1.64. The maximum Gasteiger partial charge on any atom is 0.255 e. The van der Waals surface area contributed by atoms with Crippen molar-refractivity contribution in [3.63, 3.8) is 0 Å². The van der Waals surface area contributed by atoms with Crippen LogP contribution in [-0.4, -0.2) is 20.0 Å². The van der Waals surface area contributed by atoms with Crippen molar-refractivity contribution in [3.8, 4) is 0 Å². The van der Waals surface area contributed by atoms with Crippen LogP contribution in [0.15, 0.2) is 22.7 Å². The second-order valence-corrected chi connectivity index (χ2v) is 4.68. The summed E-state index contributed by atoms with van der Waals surface area (Å²) in [5.74, 6) is 0. The van der Waals surface area contributed by atoms with Gasteiger partial charge in [0.15, 0.2) is 0 Å². The van der Waals surface area contributed by atoms with Gasteiger partial charge in [-0.3, -0.25) is 0 Å². The summed E-state index contributed by atoms with van der Waals surface area (Å²) in [5, 5.41) is 0. The van der Waals surface area contributed by atoms with Crippen LogP contribution in [-0.2, 0) is 0 Å². The number of halogens is 3. The number of alkyl halides is 2. The van der Waals surface area contributed by atoms with Crippen molar-refractivity contribution < 1.29 is 8.78 Å². The van der Waals surface area contributed by atoms with Crippen LogP contribution in [0.2, 0.25) is 0 Å². The lowest BCUT2D eigenvalue weighted by Gasteiger charge is -2.23. The van der Waals surface area contributed by atoms with Gasteiger partial charge in [-0.15, -0.1) is 0 Å². The van der Waals surface area contributed by atoms with E-state index in [0.29, 0.717) is 0 Å². The third kappa shape index (κ3) is 3.42. The highest BCUT2D eigenvalue weighted by Crippen LogP contribution is 2.28. The highest BCUT2D eigenvalue weighted by atomic mass is 79.9. The van der Waals surface area contributed by atoms with E-state index in [9.17, 15) is 8.78 Å². The molecule has 0 amide bonds. The van der Waals surface area contributed by atoms with Gasteiger partial charge in [-0.1, -0.05) is 22.0 Å². The second-order valence-electron chi connectivity index (χ2n) is 3.76. The summed E-state index contributed by atoms with van der Waals surface area (Å²) >= 11 is 3.32. The zero-order valence-corrected chi connectivity index (χ0v) is 10.8. The molecule has 0 aliphatic heterocycles. The minimum atomic E-state index is -2.36. The molecule has 1 aromatic rings. The molecule has 0 spiro atoms. The molecule has 0 bridgehead atoms. The fourth-order valence-electron chi connectivity index (χ4n) is 1.54. The first-order valence-corrected chi connectivity index (χ1v) is 5.75. The van der Waals surface area contributed by atoms with E-state index >= 15 is 0 Å². The van der Waals surface area contributed by atoms with Crippen LogP contribution in [0.3, 0.4) is 0 Å². The van der Waals surface area contributed by atoms with Gasteiger partial charge in [-0.05, 0) is 24.6 Å². The van der Waals surface area contributed by atoms with Gasteiger partial charge < -0.3 is 10.6 Å². The van der Waals surface area contributed by atoms with Crippen LogP contribution in [0.5, 0.6) is 0 Å². The number of hydrogen-bond acceptors (Lipinski definition) is 2. The highest BCUT2D eigenvalue weighted by Gasteiger charge is 2.14. The number of nitrogens with zero attached hydrogens (tertiary/aromatic N) is 1. The predicted molar refractivity (Wildman–Crippen MR) is 66.0 cm³/mol. The molecule has 16 heavy (non-hydrogen) atoms. The maximum absolute atomic E-state index is 12.3. The summed E-state index contributed by atoms with van der Waals surface area (Å²) in [6.45, 7) is 1.54. The highest BCUT2D eigenvalue weighted by molar-refractivity contribution is 9.10. The number of hydrogen-bond donors (Lipinski definition) is 1. The minimum Gasteiger partial charge on any atom is -0.369 e. The van der Waals surface area contributed by atoms with E-state index in [2.05, 4.69) is 15.9 Å². The van der Waals surface area contributed by atoms with Crippen LogP contribution in [0.25, 0.3) is 0 Å². The first kappa shape index (κ1) is 13.4. The Morgan fingerprint density at radius 1 is 1.44 bits per heavy atom. The topological polar surface area (TPSA) is 29.3 Å². The first-order valence-electron chi connectivity index (χ1n) is 4.96. The van der Waals surface area contributed by atoms with Crippen molar-refractivity contribution in [2.45, 2.75) is 19.4 Å². The first-order chi connectivity index (χ1) is 7.41. The van der Waals surface area contributed by atoms with Gasteiger partial charge in [-0.2, -0.15) is 0 Å². The van der Waals surface area contributed by atoms with E-state index in [1.165, 1.54) is 4.90 Å².